The molecular formula is C9H11NO4. The van der Waals surface area contributed by atoms with Crippen LogP contribution in [0.4, 0.5) is 0 Å². The standard InChI is InChI=1S/C9H11NO4/c1-3-14-7-5-4-6(9(11)12)10-8(7)13-2/h4-5H,3H2,1-2H3,(H,11,12). The minimum atomic E-state index is -1.09. The van der Waals surface area contributed by atoms with Crippen molar-refractivity contribution in [3.8, 4) is 11.6 Å². The molecule has 0 bridgehead atoms. The van der Waals surface area contributed by atoms with Gasteiger partial charge in [0.1, 0.15) is 0 Å². The van der Waals surface area contributed by atoms with E-state index in [0.29, 0.717) is 12.4 Å². The molecule has 5 nitrogen and oxygen atoms in total. The lowest BCUT2D eigenvalue weighted by Crippen LogP contribution is -2.03. The molecule has 0 fully saturated rings. The zero-order valence-corrected chi connectivity index (χ0v) is 7.98. The molecule has 0 unspecified atom stereocenters. The number of carboxylic acids is 1. The maximum atomic E-state index is 10.6. The Morgan fingerprint density at radius 2 is 2.29 bits per heavy atom. The number of methoxy groups -OCH3 is 1. The van der Waals surface area contributed by atoms with Gasteiger partial charge in [0.15, 0.2) is 11.4 Å². The van der Waals surface area contributed by atoms with Crippen LogP contribution in [0.25, 0.3) is 0 Å². The van der Waals surface area contributed by atoms with E-state index in [2.05, 4.69) is 4.98 Å². The average molecular weight is 197 g/mol. The lowest BCUT2D eigenvalue weighted by atomic mass is 10.3. The summed E-state index contributed by atoms with van der Waals surface area (Å²) >= 11 is 0. The third-order valence-corrected chi connectivity index (χ3v) is 1.54. The molecule has 14 heavy (non-hydrogen) atoms. The number of pyridine rings is 1. The second kappa shape index (κ2) is 4.45. The lowest BCUT2D eigenvalue weighted by Gasteiger charge is -2.07. The Bertz CT molecular complexity index is 338. The molecule has 0 spiro atoms. The highest BCUT2D eigenvalue weighted by molar-refractivity contribution is 5.85. The molecule has 0 amide bonds. The van der Waals surface area contributed by atoms with Gasteiger partial charge in [-0.25, -0.2) is 9.78 Å². The van der Waals surface area contributed by atoms with E-state index in [-0.39, 0.29) is 11.6 Å². The summed E-state index contributed by atoms with van der Waals surface area (Å²) in [5.41, 5.74) is -0.0645. The van der Waals surface area contributed by atoms with Gasteiger partial charge in [0.05, 0.1) is 13.7 Å². The molecule has 0 aliphatic heterocycles. The third-order valence-electron chi connectivity index (χ3n) is 1.54. The van der Waals surface area contributed by atoms with Gasteiger partial charge in [-0.3, -0.25) is 0 Å². The van der Waals surface area contributed by atoms with Gasteiger partial charge in [-0.15, -0.1) is 0 Å². The summed E-state index contributed by atoms with van der Waals surface area (Å²) in [5, 5.41) is 8.67. The summed E-state index contributed by atoms with van der Waals surface area (Å²) in [7, 11) is 1.41. The van der Waals surface area contributed by atoms with Crippen molar-refractivity contribution < 1.29 is 19.4 Å². The van der Waals surface area contributed by atoms with E-state index in [1.54, 1.807) is 0 Å². The van der Waals surface area contributed by atoms with E-state index < -0.39 is 5.97 Å². The van der Waals surface area contributed by atoms with E-state index >= 15 is 0 Å². The predicted octanol–water partition coefficient (Wildman–Crippen LogP) is 1.19. The molecule has 0 atom stereocenters. The van der Waals surface area contributed by atoms with Crippen molar-refractivity contribution in [2.24, 2.45) is 0 Å². The number of aromatic nitrogens is 1. The fourth-order valence-corrected chi connectivity index (χ4v) is 0.958. The first-order valence-corrected chi connectivity index (χ1v) is 4.10. The Morgan fingerprint density at radius 1 is 1.57 bits per heavy atom. The van der Waals surface area contributed by atoms with Crippen LogP contribution in [0.2, 0.25) is 0 Å². The monoisotopic (exact) mass is 197 g/mol. The molecular weight excluding hydrogens is 186 g/mol. The first kappa shape index (κ1) is 10.3. The van der Waals surface area contributed by atoms with Crippen molar-refractivity contribution in [3.05, 3.63) is 17.8 Å². The van der Waals surface area contributed by atoms with Crippen molar-refractivity contribution in [3.63, 3.8) is 0 Å². The van der Waals surface area contributed by atoms with Crippen LogP contribution in [-0.2, 0) is 0 Å². The average Bonchev–Trinajstić information content (AvgIpc) is 2.18. The van der Waals surface area contributed by atoms with Gasteiger partial charge in [0, 0.05) is 0 Å². The van der Waals surface area contributed by atoms with Crippen molar-refractivity contribution >= 4 is 5.97 Å². The third kappa shape index (κ3) is 2.12. The maximum absolute atomic E-state index is 10.6. The molecule has 1 aromatic rings. The van der Waals surface area contributed by atoms with E-state index in [1.165, 1.54) is 19.2 Å². The van der Waals surface area contributed by atoms with Crippen LogP contribution in [0.5, 0.6) is 11.6 Å². The largest absolute Gasteiger partial charge is 0.488 e. The Labute approximate surface area is 81.3 Å². The Morgan fingerprint density at radius 3 is 2.79 bits per heavy atom. The molecule has 76 valence electrons. The van der Waals surface area contributed by atoms with Crippen molar-refractivity contribution in [1.29, 1.82) is 0 Å². The van der Waals surface area contributed by atoms with Gasteiger partial charge in [-0.1, -0.05) is 0 Å². The Balaban J connectivity index is 3.04. The highest BCUT2D eigenvalue weighted by Crippen LogP contribution is 2.24. The van der Waals surface area contributed by atoms with Gasteiger partial charge in [0.25, 0.3) is 5.88 Å². The summed E-state index contributed by atoms with van der Waals surface area (Å²) < 4.78 is 10.1. The molecule has 0 aliphatic rings. The number of rotatable bonds is 4. The van der Waals surface area contributed by atoms with E-state index in [0.717, 1.165) is 0 Å². The number of hydrogen-bond donors (Lipinski definition) is 1. The van der Waals surface area contributed by atoms with E-state index in [1.807, 2.05) is 6.92 Å². The second-order valence-electron chi connectivity index (χ2n) is 2.44. The number of nitrogens with zero attached hydrogens (tertiary/aromatic N) is 1. The molecule has 0 saturated carbocycles. The molecule has 1 rings (SSSR count). The number of hydrogen-bond acceptors (Lipinski definition) is 4. The highest BCUT2D eigenvalue weighted by Gasteiger charge is 2.10. The summed E-state index contributed by atoms with van der Waals surface area (Å²) in [6.45, 7) is 2.30. The summed E-state index contributed by atoms with van der Waals surface area (Å²) in [4.78, 5) is 14.3. The van der Waals surface area contributed by atoms with Crippen LogP contribution in [-0.4, -0.2) is 29.8 Å². The van der Waals surface area contributed by atoms with Crippen molar-refractivity contribution in [1.82, 2.24) is 4.98 Å². The molecule has 0 saturated heterocycles. The fraction of sp³-hybridized carbons (Fsp3) is 0.333. The van der Waals surface area contributed by atoms with Crippen LogP contribution in [0, 0.1) is 0 Å². The number of carboxylic acid groups (broad SMARTS) is 1. The Hall–Kier alpha value is -1.78. The number of carbonyl (C=O) groups is 1. The lowest BCUT2D eigenvalue weighted by molar-refractivity contribution is 0.0689. The zero-order valence-electron chi connectivity index (χ0n) is 7.98. The first-order valence-electron chi connectivity index (χ1n) is 4.10. The summed E-state index contributed by atoms with van der Waals surface area (Å²) in [5.74, 6) is -0.460. The van der Waals surface area contributed by atoms with Crippen LogP contribution < -0.4 is 9.47 Å². The van der Waals surface area contributed by atoms with Gasteiger partial charge in [-0.2, -0.15) is 0 Å². The summed E-state index contributed by atoms with van der Waals surface area (Å²) in [6.07, 6.45) is 0. The van der Waals surface area contributed by atoms with Crippen molar-refractivity contribution in [2.45, 2.75) is 6.92 Å². The van der Waals surface area contributed by atoms with Crippen LogP contribution in [0.1, 0.15) is 17.4 Å². The second-order valence-corrected chi connectivity index (χ2v) is 2.44. The molecule has 0 aliphatic carbocycles. The smallest absolute Gasteiger partial charge is 0.354 e. The minimum absolute atomic E-state index is 0.0645. The topological polar surface area (TPSA) is 68.7 Å². The molecule has 5 heteroatoms. The van der Waals surface area contributed by atoms with E-state index in [9.17, 15) is 4.79 Å². The summed E-state index contributed by atoms with van der Waals surface area (Å²) in [6, 6.07) is 2.90. The van der Waals surface area contributed by atoms with Gasteiger partial charge >= 0.3 is 5.97 Å². The van der Waals surface area contributed by atoms with Gasteiger partial charge < -0.3 is 14.6 Å². The van der Waals surface area contributed by atoms with Crippen molar-refractivity contribution in [2.75, 3.05) is 13.7 Å². The normalized spacial score (nSPS) is 9.57. The number of aromatic carboxylic acids is 1. The quantitative estimate of drug-likeness (QED) is 0.785. The highest BCUT2D eigenvalue weighted by atomic mass is 16.5. The molecule has 1 heterocycles. The minimum Gasteiger partial charge on any atom is -0.488 e. The predicted molar refractivity (Wildman–Crippen MR) is 48.9 cm³/mol. The van der Waals surface area contributed by atoms with Crippen LogP contribution in [0.3, 0.4) is 0 Å². The van der Waals surface area contributed by atoms with E-state index in [4.69, 9.17) is 14.6 Å². The van der Waals surface area contributed by atoms with Gasteiger partial charge in [0.2, 0.25) is 0 Å². The van der Waals surface area contributed by atoms with Gasteiger partial charge in [-0.05, 0) is 19.1 Å². The zero-order chi connectivity index (χ0) is 10.6. The SMILES string of the molecule is CCOc1ccc(C(=O)O)nc1OC. The fourth-order valence-electron chi connectivity index (χ4n) is 0.958. The van der Waals surface area contributed by atoms with Crippen LogP contribution >= 0.6 is 0 Å². The Kier molecular flexibility index (Phi) is 3.28. The molecule has 1 aromatic heterocycles. The molecule has 1 N–H and O–H groups in total. The molecule has 0 aromatic carbocycles. The molecule has 0 radical (unpaired) electrons. The van der Waals surface area contributed by atoms with Crippen LogP contribution in [0.15, 0.2) is 12.1 Å². The first-order chi connectivity index (χ1) is 6.69. The maximum Gasteiger partial charge on any atom is 0.354 e. The number of ether oxygens (including phenoxy) is 2.